The molecule has 1 aromatic heterocycles. The fourth-order valence-corrected chi connectivity index (χ4v) is 4.53. The van der Waals surface area contributed by atoms with Crippen LogP contribution in [0.2, 0.25) is 0 Å². The second-order valence-electron chi connectivity index (χ2n) is 5.34. The van der Waals surface area contributed by atoms with Gasteiger partial charge in [-0.1, -0.05) is 41.3 Å². The second-order valence-corrected chi connectivity index (χ2v) is 9.45. The average Bonchev–Trinajstić information content (AvgIpc) is 3.04. The van der Waals surface area contributed by atoms with Gasteiger partial charge in [0.25, 0.3) is 0 Å². The highest BCUT2D eigenvalue weighted by molar-refractivity contribution is 8.01. The van der Waals surface area contributed by atoms with Gasteiger partial charge in [-0.25, -0.2) is 8.42 Å². The lowest BCUT2D eigenvalue weighted by atomic mass is 10.2. The van der Waals surface area contributed by atoms with Crippen molar-refractivity contribution in [3.63, 3.8) is 0 Å². The van der Waals surface area contributed by atoms with E-state index >= 15 is 0 Å². The highest BCUT2D eigenvalue weighted by atomic mass is 32.2. The van der Waals surface area contributed by atoms with Gasteiger partial charge in [0.2, 0.25) is 21.1 Å². The summed E-state index contributed by atoms with van der Waals surface area (Å²) in [6, 6.07) is 6.89. The third-order valence-electron chi connectivity index (χ3n) is 3.27. The number of amides is 1. The standard InChI is InChI=1S/C15H18N4O5S3/c1-10-6-4-5-7-11(10)19(27(3,22)23)8-12(20)16-14-17-18-15(26-14)25-9-13(21)24-2/h4-7H,8-9H2,1-3H3,(H,16,17,20). The zero-order valence-corrected chi connectivity index (χ0v) is 17.3. The summed E-state index contributed by atoms with van der Waals surface area (Å²) < 4.78 is 30.3. The first-order valence-electron chi connectivity index (χ1n) is 7.57. The summed E-state index contributed by atoms with van der Waals surface area (Å²) in [7, 11) is -2.37. The van der Waals surface area contributed by atoms with Gasteiger partial charge in [-0.15, -0.1) is 10.2 Å². The van der Waals surface area contributed by atoms with Crippen LogP contribution < -0.4 is 9.62 Å². The molecule has 9 nitrogen and oxygen atoms in total. The molecule has 0 bridgehead atoms. The zero-order chi connectivity index (χ0) is 20.0. The van der Waals surface area contributed by atoms with Crippen molar-refractivity contribution in [3.05, 3.63) is 29.8 Å². The van der Waals surface area contributed by atoms with Crippen LogP contribution in [0.3, 0.4) is 0 Å². The normalized spacial score (nSPS) is 11.1. The molecule has 1 heterocycles. The van der Waals surface area contributed by atoms with Crippen LogP contribution in [0.15, 0.2) is 28.6 Å². The maximum atomic E-state index is 12.3. The summed E-state index contributed by atoms with van der Waals surface area (Å²) in [6.07, 6.45) is 1.04. The number of aryl methyl sites for hydroxylation is 1. The Morgan fingerprint density at radius 1 is 1.30 bits per heavy atom. The smallest absolute Gasteiger partial charge is 0.316 e. The minimum absolute atomic E-state index is 0.0776. The molecule has 0 spiro atoms. The molecule has 2 rings (SSSR count). The maximum Gasteiger partial charge on any atom is 0.316 e. The number of carbonyl (C=O) groups is 2. The summed E-state index contributed by atoms with van der Waals surface area (Å²) in [5.41, 5.74) is 1.16. The summed E-state index contributed by atoms with van der Waals surface area (Å²) in [4.78, 5) is 23.4. The lowest BCUT2D eigenvalue weighted by molar-refractivity contribution is -0.137. The number of carbonyl (C=O) groups excluding carboxylic acids is 2. The van der Waals surface area contributed by atoms with E-state index in [1.165, 1.54) is 7.11 Å². The van der Waals surface area contributed by atoms with Crippen LogP contribution in [0.1, 0.15) is 5.56 Å². The van der Waals surface area contributed by atoms with E-state index in [0.29, 0.717) is 10.0 Å². The lowest BCUT2D eigenvalue weighted by Crippen LogP contribution is -2.37. The van der Waals surface area contributed by atoms with Crippen LogP contribution in [-0.2, 0) is 24.3 Å². The molecule has 1 amide bonds. The first-order valence-corrected chi connectivity index (χ1v) is 11.2. The van der Waals surface area contributed by atoms with Gasteiger partial charge in [0, 0.05) is 0 Å². The number of aromatic nitrogens is 2. The molecule has 0 aliphatic heterocycles. The number of nitrogens with zero attached hydrogens (tertiary/aromatic N) is 3. The van der Waals surface area contributed by atoms with Gasteiger partial charge in [0.15, 0.2) is 4.34 Å². The monoisotopic (exact) mass is 430 g/mol. The summed E-state index contributed by atoms with van der Waals surface area (Å²) in [5.74, 6) is -0.874. The number of ether oxygens (including phenoxy) is 1. The van der Waals surface area contributed by atoms with Crippen molar-refractivity contribution in [1.82, 2.24) is 10.2 Å². The lowest BCUT2D eigenvalue weighted by Gasteiger charge is -2.23. The van der Waals surface area contributed by atoms with Crippen molar-refractivity contribution in [2.45, 2.75) is 11.3 Å². The highest BCUT2D eigenvalue weighted by Gasteiger charge is 2.22. The van der Waals surface area contributed by atoms with Gasteiger partial charge in [-0.3, -0.25) is 19.2 Å². The van der Waals surface area contributed by atoms with E-state index in [0.717, 1.165) is 39.2 Å². The van der Waals surface area contributed by atoms with E-state index in [9.17, 15) is 18.0 Å². The number of rotatable bonds is 8. The fraction of sp³-hybridized carbons (Fsp3) is 0.333. The number of para-hydroxylation sites is 1. The molecule has 12 heteroatoms. The van der Waals surface area contributed by atoms with Crippen molar-refractivity contribution in [2.24, 2.45) is 0 Å². The molecule has 0 unspecified atom stereocenters. The molecule has 1 aromatic carbocycles. The van der Waals surface area contributed by atoms with Crippen molar-refractivity contribution < 1.29 is 22.7 Å². The van der Waals surface area contributed by atoms with Gasteiger partial charge in [-0.2, -0.15) is 0 Å². The molecule has 1 N–H and O–H groups in total. The molecular weight excluding hydrogens is 412 g/mol. The predicted molar refractivity (Wildman–Crippen MR) is 105 cm³/mol. The molecule has 0 fully saturated rings. The van der Waals surface area contributed by atoms with Crippen molar-refractivity contribution in [1.29, 1.82) is 0 Å². The third kappa shape index (κ3) is 6.19. The van der Waals surface area contributed by atoms with Gasteiger partial charge in [0.05, 0.1) is 24.8 Å². The Kier molecular flexibility index (Phi) is 7.16. The van der Waals surface area contributed by atoms with Gasteiger partial charge < -0.3 is 4.74 Å². The number of methoxy groups -OCH3 is 1. The Morgan fingerprint density at radius 3 is 2.63 bits per heavy atom. The minimum Gasteiger partial charge on any atom is -0.468 e. The maximum absolute atomic E-state index is 12.3. The van der Waals surface area contributed by atoms with E-state index < -0.39 is 28.4 Å². The summed E-state index contributed by atoms with van der Waals surface area (Å²) >= 11 is 2.21. The quantitative estimate of drug-likeness (QED) is 0.380. The number of esters is 1. The molecule has 27 heavy (non-hydrogen) atoms. The first kappa shape index (κ1) is 21.1. The third-order valence-corrected chi connectivity index (χ3v) is 6.34. The molecule has 0 saturated heterocycles. The molecule has 0 saturated carbocycles. The van der Waals surface area contributed by atoms with Crippen molar-refractivity contribution in [2.75, 3.05) is 35.3 Å². The second kappa shape index (κ2) is 9.15. The van der Waals surface area contributed by atoms with Crippen LogP contribution in [0, 0.1) is 6.92 Å². The van der Waals surface area contributed by atoms with E-state index in [1.807, 2.05) is 0 Å². The number of thioether (sulfide) groups is 1. The Morgan fingerprint density at radius 2 is 2.00 bits per heavy atom. The summed E-state index contributed by atoms with van der Waals surface area (Å²) in [6.45, 7) is 1.37. The molecule has 0 aliphatic carbocycles. The number of anilines is 2. The first-order chi connectivity index (χ1) is 12.7. The predicted octanol–water partition coefficient (Wildman–Crippen LogP) is 1.52. The van der Waals surface area contributed by atoms with Gasteiger partial charge >= 0.3 is 5.97 Å². The Bertz CT molecular complexity index is 929. The molecule has 2 aromatic rings. The average molecular weight is 431 g/mol. The van der Waals surface area contributed by atoms with Gasteiger partial charge in [-0.05, 0) is 18.6 Å². The van der Waals surface area contributed by atoms with Crippen molar-refractivity contribution in [3.8, 4) is 0 Å². The minimum atomic E-state index is -3.66. The molecule has 146 valence electrons. The topological polar surface area (TPSA) is 119 Å². The van der Waals surface area contributed by atoms with E-state index in [4.69, 9.17) is 0 Å². The van der Waals surface area contributed by atoms with E-state index in [-0.39, 0.29) is 10.9 Å². The van der Waals surface area contributed by atoms with Gasteiger partial charge in [0.1, 0.15) is 6.54 Å². The Hall–Kier alpha value is -2.18. The number of sulfonamides is 1. The number of benzene rings is 1. The Balaban J connectivity index is 2.06. The van der Waals surface area contributed by atoms with Crippen molar-refractivity contribution >= 4 is 55.8 Å². The largest absolute Gasteiger partial charge is 0.468 e. The molecule has 0 radical (unpaired) electrons. The molecular formula is C15H18N4O5S3. The number of hydrogen-bond acceptors (Lipinski definition) is 9. The van der Waals surface area contributed by atoms with Crippen LogP contribution in [0.25, 0.3) is 0 Å². The summed E-state index contributed by atoms with van der Waals surface area (Å²) in [5, 5.41) is 10.4. The van der Waals surface area contributed by atoms with Crippen LogP contribution in [0.4, 0.5) is 10.8 Å². The van der Waals surface area contributed by atoms with E-state index in [2.05, 4.69) is 20.3 Å². The number of nitrogens with one attached hydrogen (secondary N) is 1. The van der Waals surface area contributed by atoms with Crippen LogP contribution in [0.5, 0.6) is 0 Å². The molecule has 0 atom stereocenters. The number of hydrogen-bond donors (Lipinski definition) is 1. The SMILES string of the molecule is COC(=O)CSc1nnc(NC(=O)CN(c2ccccc2C)S(C)(=O)=O)s1. The Labute approximate surface area is 165 Å². The van der Waals surface area contributed by atoms with E-state index in [1.54, 1.807) is 31.2 Å². The van der Waals surface area contributed by atoms with Crippen LogP contribution in [-0.4, -0.2) is 56.2 Å². The molecule has 0 aliphatic rings. The fourth-order valence-electron chi connectivity index (χ4n) is 2.01. The van der Waals surface area contributed by atoms with Crippen LogP contribution >= 0.6 is 23.1 Å². The zero-order valence-electron chi connectivity index (χ0n) is 14.8. The highest BCUT2D eigenvalue weighted by Crippen LogP contribution is 2.26.